The minimum absolute atomic E-state index is 0.129. The molecule has 108 valence electrons. The number of nitrogens with one attached hydrogen (secondary N) is 1. The van der Waals surface area contributed by atoms with Crippen LogP contribution in [0.5, 0.6) is 0 Å². The van der Waals surface area contributed by atoms with Crippen LogP contribution in [0.4, 0.5) is 0 Å². The largest absolute Gasteiger partial charge is 0.396 e. The van der Waals surface area contributed by atoms with Crippen molar-refractivity contribution in [3.05, 3.63) is 0 Å². The summed E-state index contributed by atoms with van der Waals surface area (Å²) in [5, 5.41) is 11.4. The van der Waals surface area contributed by atoms with E-state index in [1.807, 2.05) is 0 Å². The summed E-state index contributed by atoms with van der Waals surface area (Å²) >= 11 is 0. The second-order valence-electron chi connectivity index (χ2n) is 4.79. The van der Waals surface area contributed by atoms with Gasteiger partial charge >= 0.3 is 0 Å². The van der Waals surface area contributed by atoms with Crippen LogP contribution in [0.1, 0.15) is 64.2 Å². The number of unbranched alkanes of at least 4 members (excludes halogenated alkanes) is 8. The van der Waals surface area contributed by atoms with Crippen molar-refractivity contribution in [2.24, 2.45) is 5.73 Å². The molecule has 0 aromatic carbocycles. The summed E-state index contributed by atoms with van der Waals surface area (Å²) in [6.07, 6.45) is 11.2. The van der Waals surface area contributed by atoms with Gasteiger partial charge in [-0.2, -0.15) is 0 Å². The lowest BCUT2D eigenvalue weighted by molar-refractivity contribution is -0.121. The number of nitrogens with two attached hydrogens (primary N) is 1. The highest BCUT2D eigenvalue weighted by molar-refractivity contribution is 5.75. The Kier molecular flexibility index (Phi) is 14.0. The second kappa shape index (κ2) is 14.5. The van der Waals surface area contributed by atoms with Gasteiger partial charge in [0, 0.05) is 26.1 Å². The fourth-order valence-corrected chi connectivity index (χ4v) is 1.93. The maximum atomic E-state index is 11.3. The molecule has 0 aliphatic carbocycles. The lowest BCUT2D eigenvalue weighted by Crippen LogP contribution is -2.28. The smallest absolute Gasteiger partial charge is 0.220 e. The molecule has 0 aromatic rings. The summed E-state index contributed by atoms with van der Waals surface area (Å²) in [6, 6.07) is 0. The minimum Gasteiger partial charge on any atom is -0.396 e. The fourth-order valence-electron chi connectivity index (χ4n) is 1.93. The molecular weight excluding hydrogens is 228 g/mol. The Morgan fingerprint density at radius 1 is 0.889 bits per heavy atom. The molecule has 0 rings (SSSR count). The quantitative estimate of drug-likeness (QED) is 0.442. The van der Waals surface area contributed by atoms with Gasteiger partial charge in [-0.1, -0.05) is 44.9 Å². The predicted octanol–water partition coefficient (Wildman–Crippen LogP) is 1.95. The number of rotatable bonds is 13. The number of aliphatic hydroxyl groups is 1. The number of carbonyl (C=O) groups excluding carboxylic acids is 1. The zero-order valence-electron chi connectivity index (χ0n) is 11.6. The number of hydrogen-bond donors (Lipinski definition) is 3. The Morgan fingerprint density at radius 2 is 1.39 bits per heavy atom. The van der Waals surface area contributed by atoms with Gasteiger partial charge in [-0.05, 0) is 12.8 Å². The SMILES string of the molecule is NCCNC(=O)CCCCCCCCCCCO. The first-order valence-electron chi connectivity index (χ1n) is 7.39. The third-order valence-corrected chi connectivity index (χ3v) is 3.03. The molecule has 0 radical (unpaired) electrons. The lowest BCUT2D eigenvalue weighted by Gasteiger charge is -2.03. The molecule has 0 aliphatic heterocycles. The van der Waals surface area contributed by atoms with E-state index in [1.54, 1.807) is 0 Å². The summed E-state index contributed by atoms with van der Waals surface area (Å²) in [4.78, 5) is 11.3. The maximum Gasteiger partial charge on any atom is 0.220 e. The van der Waals surface area contributed by atoms with E-state index in [9.17, 15) is 4.79 Å². The van der Waals surface area contributed by atoms with Crippen molar-refractivity contribution in [2.45, 2.75) is 64.2 Å². The van der Waals surface area contributed by atoms with Crippen LogP contribution in [0.3, 0.4) is 0 Å². The third kappa shape index (κ3) is 13.5. The highest BCUT2D eigenvalue weighted by Gasteiger charge is 1.99. The first kappa shape index (κ1) is 17.4. The average molecular weight is 258 g/mol. The fraction of sp³-hybridized carbons (Fsp3) is 0.929. The first-order valence-corrected chi connectivity index (χ1v) is 7.39. The van der Waals surface area contributed by atoms with E-state index in [1.165, 1.54) is 32.1 Å². The van der Waals surface area contributed by atoms with Gasteiger partial charge in [-0.15, -0.1) is 0 Å². The number of aliphatic hydroxyl groups excluding tert-OH is 1. The van der Waals surface area contributed by atoms with Gasteiger partial charge in [0.05, 0.1) is 0 Å². The van der Waals surface area contributed by atoms with E-state index in [0.29, 0.717) is 26.1 Å². The molecule has 0 fully saturated rings. The van der Waals surface area contributed by atoms with E-state index in [4.69, 9.17) is 10.8 Å². The van der Waals surface area contributed by atoms with E-state index in [2.05, 4.69) is 5.32 Å². The Hall–Kier alpha value is -0.610. The van der Waals surface area contributed by atoms with Gasteiger partial charge < -0.3 is 16.2 Å². The summed E-state index contributed by atoms with van der Waals surface area (Å²) in [6.45, 7) is 1.43. The van der Waals surface area contributed by atoms with Crippen molar-refractivity contribution in [3.8, 4) is 0 Å². The van der Waals surface area contributed by atoms with Crippen LogP contribution in [0.25, 0.3) is 0 Å². The topological polar surface area (TPSA) is 75.3 Å². The summed E-state index contributed by atoms with van der Waals surface area (Å²) in [7, 11) is 0. The zero-order chi connectivity index (χ0) is 13.5. The molecule has 0 atom stereocenters. The van der Waals surface area contributed by atoms with Crippen molar-refractivity contribution in [2.75, 3.05) is 19.7 Å². The normalized spacial score (nSPS) is 10.6. The summed E-state index contributed by atoms with van der Waals surface area (Å²) in [5.74, 6) is 0.129. The van der Waals surface area contributed by atoms with Gasteiger partial charge in [0.15, 0.2) is 0 Å². The van der Waals surface area contributed by atoms with Crippen LogP contribution in [0.15, 0.2) is 0 Å². The molecule has 0 saturated carbocycles. The lowest BCUT2D eigenvalue weighted by atomic mass is 10.1. The van der Waals surface area contributed by atoms with E-state index >= 15 is 0 Å². The molecule has 0 saturated heterocycles. The zero-order valence-corrected chi connectivity index (χ0v) is 11.6. The molecule has 0 bridgehead atoms. The Morgan fingerprint density at radius 3 is 1.89 bits per heavy atom. The van der Waals surface area contributed by atoms with Crippen LogP contribution < -0.4 is 11.1 Å². The average Bonchev–Trinajstić information content (AvgIpc) is 2.38. The molecule has 18 heavy (non-hydrogen) atoms. The van der Waals surface area contributed by atoms with Crippen LogP contribution in [0.2, 0.25) is 0 Å². The van der Waals surface area contributed by atoms with Gasteiger partial charge in [-0.3, -0.25) is 4.79 Å². The van der Waals surface area contributed by atoms with Crippen LogP contribution >= 0.6 is 0 Å². The van der Waals surface area contributed by atoms with Crippen molar-refractivity contribution >= 4 is 5.91 Å². The Labute approximate surface area is 111 Å². The van der Waals surface area contributed by atoms with E-state index in [-0.39, 0.29) is 5.91 Å². The van der Waals surface area contributed by atoms with Gasteiger partial charge in [-0.25, -0.2) is 0 Å². The molecular formula is C14H30N2O2. The van der Waals surface area contributed by atoms with E-state index in [0.717, 1.165) is 25.7 Å². The van der Waals surface area contributed by atoms with Gasteiger partial charge in [0.1, 0.15) is 0 Å². The van der Waals surface area contributed by atoms with Crippen LogP contribution in [-0.4, -0.2) is 30.7 Å². The van der Waals surface area contributed by atoms with Crippen molar-refractivity contribution in [1.29, 1.82) is 0 Å². The highest BCUT2D eigenvalue weighted by Crippen LogP contribution is 2.10. The number of amides is 1. The van der Waals surface area contributed by atoms with Crippen molar-refractivity contribution in [1.82, 2.24) is 5.32 Å². The molecule has 4 heteroatoms. The Balaban J connectivity index is 3.04. The number of hydrogen-bond acceptors (Lipinski definition) is 3. The van der Waals surface area contributed by atoms with Crippen LogP contribution in [-0.2, 0) is 4.79 Å². The molecule has 4 nitrogen and oxygen atoms in total. The third-order valence-electron chi connectivity index (χ3n) is 3.03. The summed E-state index contributed by atoms with van der Waals surface area (Å²) < 4.78 is 0. The molecule has 0 aromatic heterocycles. The molecule has 0 unspecified atom stereocenters. The second-order valence-corrected chi connectivity index (χ2v) is 4.79. The number of carbonyl (C=O) groups is 1. The van der Waals surface area contributed by atoms with Gasteiger partial charge in [0.2, 0.25) is 5.91 Å². The first-order chi connectivity index (χ1) is 8.81. The standard InChI is InChI=1S/C14H30N2O2/c15-11-12-16-14(18)10-8-6-4-2-1-3-5-7-9-13-17/h17H,1-13,15H2,(H,16,18). The van der Waals surface area contributed by atoms with E-state index < -0.39 is 0 Å². The maximum absolute atomic E-state index is 11.3. The van der Waals surface area contributed by atoms with Crippen LogP contribution in [0, 0.1) is 0 Å². The minimum atomic E-state index is 0.129. The summed E-state index contributed by atoms with van der Waals surface area (Å²) in [5.41, 5.74) is 5.30. The monoisotopic (exact) mass is 258 g/mol. The molecule has 4 N–H and O–H groups in total. The highest BCUT2D eigenvalue weighted by atomic mass is 16.2. The molecule has 1 amide bonds. The predicted molar refractivity (Wildman–Crippen MR) is 75.3 cm³/mol. The van der Waals surface area contributed by atoms with Crippen molar-refractivity contribution < 1.29 is 9.90 Å². The van der Waals surface area contributed by atoms with Crippen molar-refractivity contribution in [3.63, 3.8) is 0 Å². The molecule has 0 aliphatic rings. The molecule has 0 heterocycles. The Bertz CT molecular complexity index is 187. The molecule has 0 spiro atoms. The van der Waals surface area contributed by atoms with Gasteiger partial charge in [0.25, 0.3) is 0 Å².